The van der Waals surface area contributed by atoms with Gasteiger partial charge in [-0.25, -0.2) is 9.67 Å². The van der Waals surface area contributed by atoms with Crippen molar-refractivity contribution >= 4 is 5.91 Å². The molecule has 6 heteroatoms. The van der Waals surface area contributed by atoms with Gasteiger partial charge in [0.25, 0.3) is 0 Å². The van der Waals surface area contributed by atoms with Crippen molar-refractivity contribution in [2.45, 2.75) is 69.6 Å². The lowest BCUT2D eigenvalue weighted by atomic mass is 9.82. The van der Waals surface area contributed by atoms with E-state index in [1.165, 1.54) is 6.33 Å². The molecule has 6 nitrogen and oxygen atoms in total. The van der Waals surface area contributed by atoms with E-state index >= 15 is 0 Å². The van der Waals surface area contributed by atoms with E-state index in [4.69, 9.17) is 0 Å². The standard InChI is InChI=1S/C14H22N4O2/c19-12(9-14(20)6-2-1-3-7-14)17-11-5-4-8-18-13(11)15-10-16-18/h10-11,20H,1-9H2,(H,17,19). The zero-order valence-electron chi connectivity index (χ0n) is 11.7. The average molecular weight is 278 g/mol. The molecule has 1 aromatic rings. The number of nitrogens with zero attached hydrogens (tertiary/aromatic N) is 3. The SMILES string of the molecule is O=C(CC1(O)CCCCC1)NC1CCCn2ncnc21. The first-order valence-electron chi connectivity index (χ1n) is 7.56. The Hall–Kier alpha value is -1.43. The second-order valence-corrected chi connectivity index (χ2v) is 6.07. The summed E-state index contributed by atoms with van der Waals surface area (Å²) in [4.78, 5) is 16.4. The summed E-state index contributed by atoms with van der Waals surface area (Å²) in [5, 5.41) is 17.6. The Morgan fingerprint density at radius 3 is 3.00 bits per heavy atom. The minimum atomic E-state index is -0.801. The van der Waals surface area contributed by atoms with Gasteiger partial charge in [0, 0.05) is 6.54 Å². The number of carbonyl (C=O) groups is 1. The van der Waals surface area contributed by atoms with Crippen molar-refractivity contribution in [3.8, 4) is 0 Å². The van der Waals surface area contributed by atoms with E-state index in [-0.39, 0.29) is 18.4 Å². The van der Waals surface area contributed by atoms with Crippen LogP contribution in [0.2, 0.25) is 0 Å². The van der Waals surface area contributed by atoms with E-state index in [1.807, 2.05) is 4.68 Å². The van der Waals surface area contributed by atoms with Gasteiger partial charge in [0.15, 0.2) is 0 Å². The van der Waals surface area contributed by atoms with Crippen LogP contribution in [0.4, 0.5) is 0 Å². The van der Waals surface area contributed by atoms with Crippen LogP contribution in [-0.4, -0.2) is 31.4 Å². The third kappa shape index (κ3) is 2.85. The fraction of sp³-hybridized carbons (Fsp3) is 0.786. The van der Waals surface area contributed by atoms with Crippen LogP contribution in [0, 0.1) is 0 Å². The highest BCUT2D eigenvalue weighted by Gasteiger charge is 2.33. The molecule has 2 N–H and O–H groups in total. The molecule has 0 aromatic carbocycles. The molecule has 1 aliphatic heterocycles. The Morgan fingerprint density at radius 2 is 2.20 bits per heavy atom. The first-order chi connectivity index (χ1) is 9.66. The van der Waals surface area contributed by atoms with Crippen molar-refractivity contribution in [2.24, 2.45) is 0 Å². The lowest BCUT2D eigenvalue weighted by Crippen LogP contribution is -2.40. The van der Waals surface area contributed by atoms with Crippen molar-refractivity contribution in [3.63, 3.8) is 0 Å². The third-order valence-electron chi connectivity index (χ3n) is 4.43. The molecule has 20 heavy (non-hydrogen) atoms. The molecule has 1 fully saturated rings. The number of fused-ring (bicyclic) bond motifs is 1. The molecular weight excluding hydrogens is 256 g/mol. The van der Waals surface area contributed by atoms with Gasteiger partial charge >= 0.3 is 0 Å². The summed E-state index contributed by atoms with van der Waals surface area (Å²) >= 11 is 0. The Balaban J connectivity index is 1.60. The molecule has 2 aliphatic rings. The predicted octanol–water partition coefficient (Wildman–Crippen LogP) is 1.31. The van der Waals surface area contributed by atoms with Crippen molar-refractivity contribution in [1.29, 1.82) is 0 Å². The summed E-state index contributed by atoms with van der Waals surface area (Å²) in [7, 11) is 0. The summed E-state index contributed by atoms with van der Waals surface area (Å²) in [6, 6.07) is -0.0639. The van der Waals surface area contributed by atoms with Gasteiger partial charge in [-0.1, -0.05) is 19.3 Å². The average Bonchev–Trinajstić information content (AvgIpc) is 2.88. The van der Waals surface area contributed by atoms with Crippen LogP contribution in [0.5, 0.6) is 0 Å². The van der Waals surface area contributed by atoms with E-state index in [9.17, 15) is 9.90 Å². The van der Waals surface area contributed by atoms with Gasteiger partial charge in [-0.3, -0.25) is 4.79 Å². The normalized spacial score (nSPS) is 24.9. The Bertz CT molecular complexity index is 479. The van der Waals surface area contributed by atoms with Gasteiger partial charge < -0.3 is 10.4 Å². The van der Waals surface area contributed by atoms with Crippen molar-refractivity contribution < 1.29 is 9.90 Å². The third-order valence-corrected chi connectivity index (χ3v) is 4.43. The highest BCUT2D eigenvalue weighted by molar-refractivity contribution is 5.77. The number of amides is 1. The van der Waals surface area contributed by atoms with E-state index in [1.54, 1.807) is 0 Å². The molecule has 0 radical (unpaired) electrons. The molecule has 1 amide bonds. The minimum absolute atomic E-state index is 0.0639. The second kappa shape index (κ2) is 5.52. The number of hydrogen-bond donors (Lipinski definition) is 2. The number of nitrogens with one attached hydrogen (secondary N) is 1. The number of aryl methyl sites for hydroxylation is 1. The maximum absolute atomic E-state index is 12.2. The molecular formula is C14H22N4O2. The second-order valence-electron chi connectivity index (χ2n) is 6.07. The molecule has 0 spiro atoms. The Morgan fingerprint density at radius 1 is 1.40 bits per heavy atom. The van der Waals surface area contributed by atoms with E-state index in [2.05, 4.69) is 15.4 Å². The summed E-state index contributed by atoms with van der Waals surface area (Å²) in [6.07, 6.45) is 8.29. The molecule has 110 valence electrons. The quantitative estimate of drug-likeness (QED) is 0.873. The van der Waals surface area contributed by atoms with Crippen molar-refractivity contribution in [3.05, 3.63) is 12.2 Å². The van der Waals surface area contributed by atoms with Gasteiger partial charge in [0.1, 0.15) is 12.2 Å². The largest absolute Gasteiger partial charge is 0.389 e. The first-order valence-corrected chi connectivity index (χ1v) is 7.56. The summed E-state index contributed by atoms with van der Waals surface area (Å²) in [5.41, 5.74) is -0.801. The highest BCUT2D eigenvalue weighted by atomic mass is 16.3. The van der Waals surface area contributed by atoms with Crippen LogP contribution in [0.25, 0.3) is 0 Å². The van der Waals surface area contributed by atoms with Crippen molar-refractivity contribution in [1.82, 2.24) is 20.1 Å². The van der Waals surface area contributed by atoms with E-state index in [0.29, 0.717) is 0 Å². The minimum Gasteiger partial charge on any atom is -0.389 e. The topological polar surface area (TPSA) is 80.0 Å². The fourth-order valence-electron chi connectivity index (χ4n) is 3.36. The van der Waals surface area contributed by atoms with Crippen LogP contribution in [0.1, 0.15) is 63.2 Å². The van der Waals surface area contributed by atoms with Crippen LogP contribution in [-0.2, 0) is 11.3 Å². The number of aliphatic hydroxyl groups is 1. The zero-order valence-corrected chi connectivity index (χ0v) is 11.7. The predicted molar refractivity (Wildman–Crippen MR) is 72.8 cm³/mol. The Labute approximate surface area is 118 Å². The number of hydrogen-bond acceptors (Lipinski definition) is 4. The first kappa shape index (κ1) is 13.5. The molecule has 1 unspecified atom stereocenters. The van der Waals surface area contributed by atoms with Gasteiger partial charge in [-0.05, 0) is 25.7 Å². The summed E-state index contributed by atoms with van der Waals surface area (Å²) in [5.74, 6) is 0.760. The van der Waals surface area contributed by atoms with Crippen LogP contribution in [0.3, 0.4) is 0 Å². The summed E-state index contributed by atoms with van der Waals surface area (Å²) in [6.45, 7) is 0.867. The zero-order chi connectivity index (χ0) is 14.0. The van der Waals surface area contributed by atoms with Gasteiger partial charge in [-0.15, -0.1) is 0 Å². The van der Waals surface area contributed by atoms with E-state index < -0.39 is 5.60 Å². The smallest absolute Gasteiger partial charge is 0.223 e. The van der Waals surface area contributed by atoms with E-state index in [0.717, 1.165) is 57.3 Å². The molecule has 0 bridgehead atoms. The molecule has 1 aromatic heterocycles. The molecule has 1 saturated carbocycles. The molecule has 2 heterocycles. The highest BCUT2D eigenvalue weighted by Crippen LogP contribution is 2.31. The summed E-state index contributed by atoms with van der Waals surface area (Å²) < 4.78 is 1.85. The van der Waals surface area contributed by atoms with Crippen molar-refractivity contribution in [2.75, 3.05) is 0 Å². The lowest BCUT2D eigenvalue weighted by molar-refractivity contribution is -0.128. The van der Waals surface area contributed by atoms with Crippen LogP contribution in [0.15, 0.2) is 6.33 Å². The monoisotopic (exact) mass is 278 g/mol. The Kier molecular flexibility index (Phi) is 3.74. The van der Waals surface area contributed by atoms with Gasteiger partial charge in [-0.2, -0.15) is 5.10 Å². The fourth-order valence-corrected chi connectivity index (χ4v) is 3.36. The lowest BCUT2D eigenvalue weighted by Gasteiger charge is -2.32. The molecule has 1 aliphatic carbocycles. The van der Waals surface area contributed by atoms with Gasteiger partial charge in [0.2, 0.25) is 5.91 Å². The van der Waals surface area contributed by atoms with Gasteiger partial charge in [0.05, 0.1) is 18.1 Å². The molecule has 1 atom stereocenters. The maximum Gasteiger partial charge on any atom is 0.223 e. The van der Waals surface area contributed by atoms with Crippen LogP contribution < -0.4 is 5.32 Å². The number of aromatic nitrogens is 3. The molecule has 0 saturated heterocycles. The maximum atomic E-state index is 12.2. The number of carbonyl (C=O) groups excluding carboxylic acids is 1. The molecule has 3 rings (SSSR count). The number of rotatable bonds is 3. The van der Waals surface area contributed by atoms with Crippen LogP contribution >= 0.6 is 0 Å².